The van der Waals surface area contributed by atoms with E-state index in [1.165, 1.54) is 161 Å². The van der Waals surface area contributed by atoms with E-state index in [1.54, 1.807) is 0 Å². The molecule has 0 saturated heterocycles. The minimum absolute atomic E-state index is 0.524. The van der Waals surface area contributed by atoms with Gasteiger partial charge in [-0.3, -0.25) is 4.79 Å². The van der Waals surface area contributed by atoms with Crippen LogP contribution >= 0.6 is 0 Å². The summed E-state index contributed by atoms with van der Waals surface area (Å²) in [5.74, 6) is 0.524. The van der Waals surface area contributed by atoms with E-state index in [0.717, 1.165) is 25.7 Å². The molecule has 198 valence electrons. The normalized spacial score (nSPS) is 11.3. The van der Waals surface area contributed by atoms with Crippen LogP contribution in [0.2, 0.25) is 0 Å². The van der Waals surface area contributed by atoms with Gasteiger partial charge in [0.05, 0.1) is 0 Å². The number of Topliss-reactive ketones (excluding diaryl/α,β-unsaturated/α-hetero) is 1. The van der Waals surface area contributed by atoms with Gasteiger partial charge in [-0.2, -0.15) is 0 Å². The summed E-state index contributed by atoms with van der Waals surface area (Å²) >= 11 is 0. The summed E-state index contributed by atoms with van der Waals surface area (Å²) in [5, 5.41) is 0. The number of carbonyl (C=O) groups excluding carboxylic acids is 1. The van der Waals surface area contributed by atoms with Crippen molar-refractivity contribution < 1.29 is 4.79 Å². The maximum atomic E-state index is 12.0. The zero-order valence-corrected chi connectivity index (χ0v) is 23.4. The standard InChI is InChI=1S/C32H64O/c1-3-5-7-9-11-13-15-16-17-18-19-20-21-23-25-27-29-31-32(33)30-28-26-24-22-14-12-10-8-6-4-2/h3-31H2,1-2H3. The lowest BCUT2D eigenvalue weighted by molar-refractivity contribution is -0.119. The zero-order valence-electron chi connectivity index (χ0n) is 23.4. The number of ketones is 1. The Morgan fingerprint density at radius 2 is 0.485 bits per heavy atom. The van der Waals surface area contributed by atoms with Crippen LogP contribution in [0.15, 0.2) is 0 Å². The van der Waals surface area contributed by atoms with Crippen molar-refractivity contribution in [2.75, 3.05) is 0 Å². The lowest BCUT2D eigenvalue weighted by Crippen LogP contribution is -1.97. The van der Waals surface area contributed by atoms with Gasteiger partial charge in [0.2, 0.25) is 0 Å². The van der Waals surface area contributed by atoms with E-state index in [2.05, 4.69) is 13.8 Å². The molecule has 0 aliphatic rings. The van der Waals surface area contributed by atoms with Crippen LogP contribution < -0.4 is 0 Å². The first kappa shape index (κ1) is 32.7. The Morgan fingerprint density at radius 3 is 0.697 bits per heavy atom. The summed E-state index contributed by atoms with van der Waals surface area (Å²) in [5.41, 5.74) is 0. The summed E-state index contributed by atoms with van der Waals surface area (Å²) in [7, 11) is 0. The molecule has 0 atom stereocenters. The maximum absolute atomic E-state index is 12.0. The van der Waals surface area contributed by atoms with Gasteiger partial charge in [0.1, 0.15) is 5.78 Å². The molecule has 0 aromatic rings. The minimum atomic E-state index is 0.524. The van der Waals surface area contributed by atoms with Gasteiger partial charge < -0.3 is 0 Å². The Kier molecular flexibility index (Phi) is 29.4. The second-order valence-electron chi connectivity index (χ2n) is 10.9. The van der Waals surface area contributed by atoms with Crippen LogP contribution in [0.5, 0.6) is 0 Å². The van der Waals surface area contributed by atoms with Gasteiger partial charge in [-0.05, 0) is 12.8 Å². The fourth-order valence-electron chi connectivity index (χ4n) is 4.98. The third kappa shape index (κ3) is 29.6. The van der Waals surface area contributed by atoms with Crippen LogP contribution in [0.4, 0.5) is 0 Å². The molecule has 0 unspecified atom stereocenters. The van der Waals surface area contributed by atoms with E-state index in [0.29, 0.717) is 5.78 Å². The SMILES string of the molecule is CCCCCCCCCCCCCCCCCCCC(=O)CCCCCCCCCCCC. The van der Waals surface area contributed by atoms with Crippen molar-refractivity contribution in [3.8, 4) is 0 Å². The number of unbranched alkanes of at least 4 members (excludes halogenated alkanes) is 25. The molecule has 33 heavy (non-hydrogen) atoms. The Bertz CT molecular complexity index is 362. The molecule has 0 rings (SSSR count). The molecule has 0 heterocycles. The monoisotopic (exact) mass is 464 g/mol. The van der Waals surface area contributed by atoms with Crippen molar-refractivity contribution in [3.05, 3.63) is 0 Å². The van der Waals surface area contributed by atoms with Crippen LogP contribution in [-0.4, -0.2) is 5.78 Å². The highest BCUT2D eigenvalue weighted by molar-refractivity contribution is 5.78. The van der Waals surface area contributed by atoms with Crippen molar-refractivity contribution in [3.63, 3.8) is 0 Å². The Morgan fingerprint density at radius 1 is 0.303 bits per heavy atom. The smallest absolute Gasteiger partial charge is 0.132 e. The van der Waals surface area contributed by atoms with Crippen molar-refractivity contribution in [1.82, 2.24) is 0 Å². The second kappa shape index (κ2) is 29.7. The average Bonchev–Trinajstić information content (AvgIpc) is 2.82. The molecule has 1 nitrogen and oxygen atoms in total. The molecule has 0 radical (unpaired) electrons. The van der Waals surface area contributed by atoms with Crippen molar-refractivity contribution in [2.45, 2.75) is 200 Å². The van der Waals surface area contributed by atoms with Gasteiger partial charge in [0.15, 0.2) is 0 Å². The Hall–Kier alpha value is -0.330. The second-order valence-corrected chi connectivity index (χ2v) is 10.9. The summed E-state index contributed by atoms with van der Waals surface area (Å²) in [6, 6.07) is 0. The number of carbonyl (C=O) groups is 1. The fourth-order valence-corrected chi connectivity index (χ4v) is 4.98. The van der Waals surface area contributed by atoms with Gasteiger partial charge in [-0.25, -0.2) is 0 Å². The molecule has 1 heteroatoms. The van der Waals surface area contributed by atoms with E-state index in [4.69, 9.17) is 0 Å². The van der Waals surface area contributed by atoms with Gasteiger partial charge >= 0.3 is 0 Å². The van der Waals surface area contributed by atoms with Crippen LogP contribution in [0.25, 0.3) is 0 Å². The predicted molar refractivity (Wildman–Crippen MR) is 150 cm³/mol. The van der Waals surface area contributed by atoms with Crippen molar-refractivity contribution in [2.24, 2.45) is 0 Å². The topological polar surface area (TPSA) is 17.1 Å². The van der Waals surface area contributed by atoms with Gasteiger partial charge in [0.25, 0.3) is 0 Å². The molecule has 0 aliphatic heterocycles. The molecule has 0 amide bonds. The highest BCUT2D eigenvalue weighted by atomic mass is 16.1. The van der Waals surface area contributed by atoms with Crippen LogP contribution in [0.3, 0.4) is 0 Å². The van der Waals surface area contributed by atoms with Crippen LogP contribution in [0, 0.1) is 0 Å². The highest BCUT2D eigenvalue weighted by Gasteiger charge is 2.02. The minimum Gasteiger partial charge on any atom is -0.300 e. The molecule has 0 aliphatic carbocycles. The first-order chi connectivity index (χ1) is 16.3. The number of hydrogen-bond acceptors (Lipinski definition) is 1. The quantitative estimate of drug-likeness (QED) is 0.101. The van der Waals surface area contributed by atoms with E-state index in [1.807, 2.05) is 0 Å². The molecule has 0 fully saturated rings. The molecule has 0 aromatic carbocycles. The first-order valence-electron chi connectivity index (χ1n) is 15.8. The summed E-state index contributed by atoms with van der Waals surface area (Å²) < 4.78 is 0. The zero-order chi connectivity index (χ0) is 24.1. The van der Waals surface area contributed by atoms with E-state index in [-0.39, 0.29) is 0 Å². The molecule has 0 N–H and O–H groups in total. The summed E-state index contributed by atoms with van der Waals surface area (Å²) in [6.07, 6.45) is 39.0. The van der Waals surface area contributed by atoms with Gasteiger partial charge in [-0.1, -0.05) is 174 Å². The van der Waals surface area contributed by atoms with Gasteiger partial charge in [0, 0.05) is 12.8 Å². The number of rotatable bonds is 29. The van der Waals surface area contributed by atoms with Crippen molar-refractivity contribution in [1.29, 1.82) is 0 Å². The van der Waals surface area contributed by atoms with E-state index >= 15 is 0 Å². The summed E-state index contributed by atoms with van der Waals surface area (Å²) in [6.45, 7) is 4.57. The summed E-state index contributed by atoms with van der Waals surface area (Å²) in [4.78, 5) is 12.0. The molecule has 0 aromatic heterocycles. The fraction of sp³-hybridized carbons (Fsp3) is 0.969. The van der Waals surface area contributed by atoms with Crippen molar-refractivity contribution >= 4 is 5.78 Å². The van der Waals surface area contributed by atoms with E-state index < -0.39 is 0 Å². The molecule has 0 bridgehead atoms. The largest absolute Gasteiger partial charge is 0.300 e. The number of hydrogen-bond donors (Lipinski definition) is 0. The molecule has 0 saturated carbocycles. The van der Waals surface area contributed by atoms with Crippen LogP contribution in [0.1, 0.15) is 200 Å². The predicted octanol–water partition coefficient (Wildman–Crippen LogP) is 11.9. The third-order valence-corrected chi connectivity index (χ3v) is 7.37. The lowest BCUT2D eigenvalue weighted by atomic mass is 10.0. The average molecular weight is 465 g/mol. The van der Waals surface area contributed by atoms with Gasteiger partial charge in [-0.15, -0.1) is 0 Å². The Labute approximate surface area is 210 Å². The highest BCUT2D eigenvalue weighted by Crippen LogP contribution is 2.15. The van der Waals surface area contributed by atoms with Crippen LogP contribution in [-0.2, 0) is 4.79 Å². The molecule has 0 spiro atoms. The molecular formula is C32H64O. The maximum Gasteiger partial charge on any atom is 0.132 e. The molecular weight excluding hydrogens is 400 g/mol. The van der Waals surface area contributed by atoms with E-state index in [9.17, 15) is 4.79 Å². The third-order valence-electron chi connectivity index (χ3n) is 7.37. The Balaban J connectivity index is 3.13. The lowest BCUT2D eigenvalue weighted by Gasteiger charge is -2.04. The first-order valence-corrected chi connectivity index (χ1v) is 15.8.